The van der Waals surface area contributed by atoms with E-state index in [1.165, 1.54) is 12.3 Å². The Morgan fingerprint density at radius 3 is 2.65 bits per heavy atom. The van der Waals surface area contributed by atoms with E-state index in [2.05, 4.69) is 14.6 Å². The van der Waals surface area contributed by atoms with Crippen molar-refractivity contribution in [1.82, 2.24) is 14.5 Å². The predicted octanol–water partition coefficient (Wildman–Crippen LogP) is 1.43. The van der Waals surface area contributed by atoms with Gasteiger partial charge in [0.15, 0.2) is 17.4 Å². The Morgan fingerprint density at radius 1 is 1.27 bits per heavy atom. The zero-order valence-electron chi connectivity index (χ0n) is 13.9. The third kappa shape index (κ3) is 2.34. The van der Waals surface area contributed by atoms with Crippen molar-refractivity contribution in [1.29, 1.82) is 0 Å². The second kappa shape index (κ2) is 5.41. The molecule has 2 aromatic heterocycles. The number of hydrogen-bond donors (Lipinski definition) is 1. The number of hydrogen-bond acceptors (Lipinski definition) is 6. The highest BCUT2D eigenvalue weighted by molar-refractivity contribution is 5.80. The van der Waals surface area contributed by atoms with E-state index in [1.54, 1.807) is 4.57 Å². The van der Waals surface area contributed by atoms with Crippen molar-refractivity contribution < 1.29 is 19.0 Å². The van der Waals surface area contributed by atoms with E-state index in [4.69, 9.17) is 5.11 Å². The summed E-state index contributed by atoms with van der Waals surface area (Å²) in [7, 11) is 0. The van der Waals surface area contributed by atoms with E-state index in [0.717, 1.165) is 32.5 Å². The highest BCUT2D eigenvalue weighted by Crippen LogP contribution is 2.38. The van der Waals surface area contributed by atoms with Gasteiger partial charge in [-0.3, -0.25) is 9.69 Å². The van der Waals surface area contributed by atoms with Gasteiger partial charge in [0.05, 0.1) is 17.6 Å². The number of carbonyl (C=O) groups is 1. The molecule has 3 aliphatic heterocycles. The second-order valence-electron chi connectivity index (χ2n) is 7.10. The normalized spacial score (nSPS) is 24.4. The Kier molecular flexibility index (Phi) is 3.24. The topological polar surface area (TPSA) is 87.9 Å². The minimum Gasteiger partial charge on any atom is -0.449 e. The van der Waals surface area contributed by atoms with Crippen LogP contribution in [0.4, 0.5) is 15.0 Å². The number of anilines is 1. The largest absolute Gasteiger partial charge is 0.511 e. The van der Waals surface area contributed by atoms with Gasteiger partial charge in [0.1, 0.15) is 5.65 Å². The standard InChI is InChI=1S/C17H17FN4O4/c18-12-5-11-14(23)13(26-17(24)25)8-22(9-1-2-9)15(11)19-16(12)21-4-3-20-6-10(21)7-20/h5,8-10H,1-4,6-7H2,(H,24,25). The first-order chi connectivity index (χ1) is 12.5. The van der Waals surface area contributed by atoms with Gasteiger partial charge < -0.3 is 19.3 Å². The Hall–Kier alpha value is -2.68. The lowest BCUT2D eigenvalue weighted by Crippen LogP contribution is -2.67. The van der Waals surface area contributed by atoms with Crippen LogP contribution in [0, 0.1) is 5.82 Å². The van der Waals surface area contributed by atoms with Crippen LogP contribution in [-0.4, -0.2) is 57.9 Å². The maximum Gasteiger partial charge on any atom is 0.511 e. The third-order valence-electron chi connectivity index (χ3n) is 5.35. The minimum absolute atomic E-state index is 0.0455. The SMILES string of the molecule is O=C(O)Oc1cn(C2CC2)c2nc(N3CCN4CC3C4)c(F)cc2c1=O. The molecule has 8 nitrogen and oxygen atoms in total. The molecule has 0 atom stereocenters. The van der Waals surface area contributed by atoms with Crippen LogP contribution < -0.4 is 15.1 Å². The van der Waals surface area contributed by atoms with Gasteiger partial charge in [-0.25, -0.2) is 14.2 Å². The Bertz CT molecular complexity index is 978. The molecule has 9 heteroatoms. The number of pyridine rings is 2. The van der Waals surface area contributed by atoms with E-state index < -0.39 is 17.4 Å². The summed E-state index contributed by atoms with van der Waals surface area (Å²) in [5.74, 6) is -0.620. The van der Waals surface area contributed by atoms with Crippen LogP contribution in [-0.2, 0) is 0 Å². The zero-order valence-corrected chi connectivity index (χ0v) is 13.9. The molecule has 136 valence electrons. The van der Waals surface area contributed by atoms with Crippen molar-refractivity contribution in [3.05, 3.63) is 28.3 Å². The van der Waals surface area contributed by atoms with Crippen molar-refractivity contribution in [2.24, 2.45) is 0 Å². The molecule has 0 unspecified atom stereocenters. The number of rotatable bonds is 3. The first-order valence-electron chi connectivity index (χ1n) is 8.66. The number of halogens is 1. The van der Waals surface area contributed by atoms with Gasteiger partial charge in [0.2, 0.25) is 5.43 Å². The number of piperazine rings is 2. The molecule has 3 saturated heterocycles. The Morgan fingerprint density at radius 2 is 2.04 bits per heavy atom. The zero-order chi connectivity index (χ0) is 18.0. The molecule has 0 spiro atoms. The van der Waals surface area contributed by atoms with Crippen molar-refractivity contribution in [3.63, 3.8) is 0 Å². The van der Waals surface area contributed by atoms with Gasteiger partial charge in [-0.15, -0.1) is 0 Å². The van der Waals surface area contributed by atoms with E-state index in [1.807, 2.05) is 4.90 Å². The van der Waals surface area contributed by atoms with Gasteiger partial charge >= 0.3 is 6.16 Å². The Balaban J connectivity index is 1.68. The van der Waals surface area contributed by atoms with E-state index in [9.17, 15) is 14.0 Å². The summed E-state index contributed by atoms with van der Waals surface area (Å²) in [5, 5.41) is 8.89. The summed E-state index contributed by atoms with van der Waals surface area (Å²) >= 11 is 0. The first-order valence-corrected chi connectivity index (χ1v) is 8.66. The maximum absolute atomic E-state index is 14.8. The smallest absolute Gasteiger partial charge is 0.449 e. The molecular formula is C17H17FN4O4. The molecule has 26 heavy (non-hydrogen) atoms. The third-order valence-corrected chi connectivity index (χ3v) is 5.35. The molecule has 1 aliphatic carbocycles. The summed E-state index contributed by atoms with van der Waals surface area (Å²) in [6, 6.07) is 1.54. The molecule has 2 aromatic rings. The fourth-order valence-corrected chi connectivity index (χ4v) is 3.84. The van der Waals surface area contributed by atoms with Gasteiger partial charge in [-0.05, 0) is 18.9 Å². The monoisotopic (exact) mass is 360 g/mol. The number of nitrogens with zero attached hydrogens (tertiary/aromatic N) is 4. The second-order valence-corrected chi connectivity index (χ2v) is 7.10. The van der Waals surface area contributed by atoms with Crippen LogP contribution in [0.25, 0.3) is 11.0 Å². The summed E-state index contributed by atoms with van der Waals surface area (Å²) < 4.78 is 21.1. The molecular weight excluding hydrogens is 343 g/mol. The van der Waals surface area contributed by atoms with Crippen molar-refractivity contribution >= 4 is 23.0 Å². The van der Waals surface area contributed by atoms with Crippen LogP contribution in [0.15, 0.2) is 17.1 Å². The average molecular weight is 360 g/mol. The van der Waals surface area contributed by atoms with Crippen LogP contribution in [0.3, 0.4) is 0 Å². The molecule has 0 amide bonds. The van der Waals surface area contributed by atoms with Gasteiger partial charge in [0.25, 0.3) is 0 Å². The van der Waals surface area contributed by atoms with Crippen LogP contribution in [0.1, 0.15) is 18.9 Å². The molecule has 1 N–H and O–H groups in total. The van der Waals surface area contributed by atoms with Crippen LogP contribution in [0.2, 0.25) is 0 Å². The molecule has 0 radical (unpaired) electrons. The van der Waals surface area contributed by atoms with E-state index in [0.29, 0.717) is 12.2 Å². The van der Waals surface area contributed by atoms with E-state index in [-0.39, 0.29) is 29.0 Å². The first kappa shape index (κ1) is 15.6. The predicted molar refractivity (Wildman–Crippen MR) is 90.5 cm³/mol. The Labute approximate surface area is 147 Å². The van der Waals surface area contributed by atoms with Crippen LogP contribution in [0.5, 0.6) is 5.75 Å². The number of fused-ring (bicyclic) bond motifs is 3. The fraction of sp³-hybridized carbons (Fsp3) is 0.471. The van der Waals surface area contributed by atoms with Crippen molar-refractivity contribution in [3.8, 4) is 5.75 Å². The summed E-state index contributed by atoms with van der Waals surface area (Å²) in [6.45, 7) is 3.38. The highest BCUT2D eigenvalue weighted by atomic mass is 19.1. The lowest BCUT2D eigenvalue weighted by Gasteiger charge is -2.51. The lowest BCUT2D eigenvalue weighted by molar-refractivity contribution is 0.109. The molecule has 6 rings (SSSR count). The summed E-state index contributed by atoms with van der Waals surface area (Å²) in [5.41, 5.74) is -0.279. The number of aromatic nitrogens is 2. The fourth-order valence-electron chi connectivity index (χ4n) is 3.84. The quantitative estimate of drug-likeness (QED) is 0.829. The highest BCUT2D eigenvalue weighted by Gasteiger charge is 2.38. The molecule has 0 aromatic carbocycles. The molecule has 5 heterocycles. The maximum atomic E-state index is 14.8. The molecule has 2 bridgehead atoms. The molecule has 1 saturated carbocycles. The number of carboxylic acid groups (broad SMARTS) is 1. The summed E-state index contributed by atoms with van der Waals surface area (Å²) in [4.78, 5) is 32.2. The number of ether oxygens (including phenoxy) is 1. The van der Waals surface area contributed by atoms with Gasteiger partial charge in [0, 0.05) is 32.2 Å². The average Bonchev–Trinajstić information content (AvgIpc) is 3.41. The van der Waals surface area contributed by atoms with Gasteiger partial charge in [-0.1, -0.05) is 0 Å². The molecule has 4 aliphatic rings. The van der Waals surface area contributed by atoms with Crippen molar-refractivity contribution in [2.45, 2.75) is 24.9 Å². The summed E-state index contributed by atoms with van der Waals surface area (Å²) in [6.07, 6.45) is 1.61. The van der Waals surface area contributed by atoms with Crippen LogP contribution >= 0.6 is 0 Å². The van der Waals surface area contributed by atoms with E-state index >= 15 is 0 Å². The van der Waals surface area contributed by atoms with Gasteiger partial charge in [-0.2, -0.15) is 0 Å². The minimum atomic E-state index is -1.57. The molecule has 4 fully saturated rings. The van der Waals surface area contributed by atoms with Crippen molar-refractivity contribution in [2.75, 3.05) is 31.1 Å². The lowest BCUT2D eigenvalue weighted by atomic mass is 10.0.